The van der Waals surface area contributed by atoms with Crippen molar-refractivity contribution in [2.75, 3.05) is 11.9 Å². The topological polar surface area (TPSA) is 66.1 Å². The first-order valence-corrected chi connectivity index (χ1v) is 11.2. The first-order chi connectivity index (χ1) is 15.6. The highest BCUT2D eigenvalue weighted by Gasteiger charge is 2.23. The summed E-state index contributed by atoms with van der Waals surface area (Å²) < 4.78 is 1.79. The van der Waals surface area contributed by atoms with Gasteiger partial charge in [-0.25, -0.2) is 0 Å². The van der Waals surface area contributed by atoms with E-state index in [1.807, 2.05) is 48.5 Å². The molecule has 2 aromatic carbocycles. The van der Waals surface area contributed by atoms with Gasteiger partial charge in [0.1, 0.15) is 5.56 Å². The molecule has 32 heavy (non-hydrogen) atoms. The van der Waals surface area contributed by atoms with Gasteiger partial charge in [0.05, 0.1) is 18.2 Å². The van der Waals surface area contributed by atoms with Crippen LogP contribution in [-0.4, -0.2) is 17.5 Å². The number of aromatic nitrogens is 1. The van der Waals surface area contributed by atoms with Crippen LogP contribution in [0, 0.1) is 11.3 Å². The van der Waals surface area contributed by atoms with Gasteiger partial charge in [0.25, 0.3) is 11.5 Å². The standard InChI is InChI=1S/C27H27N3O2/c1-29(23-10-6-4-7-11-23)26(31)24-17-22-9-5-2-3-8-12-25(22)30(27(24)32)19-21-15-13-20(18-28)14-16-21/h4,6-7,10-11,13-17H,2-3,5,8-9,12,19H2,1H3. The normalized spacial score (nSPS) is 13.4. The number of hydrogen-bond acceptors (Lipinski definition) is 3. The zero-order chi connectivity index (χ0) is 22.5. The molecule has 0 atom stereocenters. The second kappa shape index (κ2) is 9.65. The minimum atomic E-state index is -0.292. The van der Waals surface area contributed by atoms with Crippen molar-refractivity contribution in [3.63, 3.8) is 0 Å². The van der Waals surface area contributed by atoms with Gasteiger partial charge in [0, 0.05) is 18.4 Å². The Morgan fingerprint density at radius 3 is 2.38 bits per heavy atom. The van der Waals surface area contributed by atoms with E-state index in [1.54, 1.807) is 23.7 Å². The summed E-state index contributed by atoms with van der Waals surface area (Å²) in [6, 6.07) is 20.6. The molecule has 0 fully saturated rings. The van der Waals surface area contributed by atoms with Crippen LogP contribution in [0.25, 0.3) is 0 Å². The fraction of sp³-hybridized carbons (Fsp3) is 0.296. The van der Waals surface area contributed by atoms with Crippen molar-refractivity contribution in [2.45, 2.75) is 45.1 Å². The molecule has 0 unspecified atom stereocenters. The fourth-order valence-electron chi connectivity index (χ4n) is 4.37. The van der Waals surface area contributed by atoms with Crippen LogP contribution in [0.4, 0.5) is 5.69 Å². The van der Waals surface area contributed by atoms with E-state index in [9.17, 15) is 9.59 Å². The molecule has 4 rings (SSSR count). The highest BCUT2D eigenvalue weighted by atomic mass is 16.2. The summed E-state index contributed by atoms with van der Waals surface area (Å²) in [5, 5.41) is 9.07. The molecule has 1 aliphatic rings. The van der Waals surface area contributed by atoms with Crippen molar-refractivity contribution >= 4 is 11.6 Å². The predicted octanol–water partition coefficient (Wildman–Crippen LogP) is 4.70. The number of amides is 1. The highest BCUT2D eigenvalue weighted by Crippen LogP contribution is 2.22. The number of rotatable bonds is 4. The Morgan fingerprint density at radius 1 is 1.00 bits per heavy atom. The predicted molar refractivity (Wildman–Crippen MR) is 126 cm³/mol. The number of fused-ring (bicyclic) bond motifs is 1. The average Bonchev–Trinajstić information content (AvgIpc) is 2.82. The van der Waals surface area contributed by atoms with E-state index in [-0.39, 0.29) is 17.0 Å². The average molecular weight is 426 g/mol. The van der Waals surface area contributed by atoms with Crippen LogP contribution < -0.4 is 10.5 Å². The quantitative estimate of drug-likeness (QED) is 0.608. The first-order valence-electron chi connectivity index (χ1n) is 11.2. The zero-order valence-electron chi connectivity index (χ0n) is 18.4. The molecule has 0 bridgehead atoms. The van der Waals surface area contributed by atoms with Gasteiger partial charge in [-0.15, -0.1) is 0 Å². The summed E-state index contributed by atoms with van der Waals surface area (Å²) in [4.78, 5) is 28.5. The summed E-state index contributed by atoms with van der Waals surface area (Å²) in [5.41, 5.74) is 4.38. The third-order valence-electron chi connectivity index (χ3n) is 6.20. The highest BCUT2D eigenvalue weighted by molar-refractivity contribution is 6.05. The Morgan fingerprint density at radius 2 is 1.69 bits per heavy atom. The van der Waals surface area contributed by atoms with Gasteiger partial charge in [0.15, 0.2) is 0 Å². The SMILES string of the molecule is CN(C(=O)c1cc2c(n(Cc3ccc(C#N)cc3)c1=O)CCCCCC2)c1ccccc1. The second-order valence-electron chi connectivity index (χ2n) is 8.34. The van der Waals surface area contributed by atoms with Gasteiger partial charge in [-0.05, 0) is 67.1 Å². The molecule has 1 amide bonds. The summed E-state index contributed by atoms with van der Waals surface area (Å²) in [7, 11) is 1.71. The monoisotopic (exact) mass is 425 g/mol. The molecule has 5 heteroatoms. The fourth-order valence-corrected chi connectivity index (χ4v) is 4.37. The summed E-state index contributed by atoms with van der Waals surface area (Å²) in [6.45, 7) is 0.392. The molecule has 0 N–H and O–H groups in total. The third-order valence-corrected chi connectivity index (χ3v) is 6.20. The minimum absolute atomic E-state index is 0.212. The lowest BCUT2D eigenvalue weighted by atomic mass is 9.95. The number of carbonyl (C=O) groups is 1. The molecular weight excluding hydrogens is 398 g/mol. The summed E-state index contributed by atoms with van der Waals surface area (Å²) in [5.74, 6) is -0.292. The van der Waals surface area contributed by atoms with Crippen molar-refractivity contribution in [1.82, 2.24) is 4.57 Å². The van der Waals surface area contributed by atoms with E-state index in [4.69, 9.17) is 5.26 Å². The van der Waals surface area contributed by atoms with Gasteiger partial charge in [-0.1, -0.05) is 43.2 Å². The largest absolute Gasteiger partial charge is 0.311 e. The maximum Gasteiger partial charge on any atom is 0.263 e. The van der Waals surface area contributed by atoms with Crippen LogP contribution in [0.1, 0.15) is 58.4 Å². The molecule has 1 aliphatic carbocycles. The Kier molecular flexibility index (Phi) is 6.51. The van der Waals surface area contributed by atoms with E-state index in [2.05, 4.69) is 6.07 Å². The zero-order valence-corrected chi connectivity index (χ0v) is 18.4. The number of benzene rings is 2. The van der Waals surface area contributed by atoms with Gasteiger partial charge < -0.3 is 9.47 Å². The maximum atomic E-state index is 13.6. The molecule has 0 spiro atoms. The van der Waals surface area contributed by atoms with Crippen LogP contribution in [0.15, 0.2) is 65.5 Å². The molecule has 0 saturated heterocycles. The third kappa shape index (κ3) is 4.50. The number of para-hydroxylation sites is 1. The van der Waals surface area contributed by atoms with Crippen LogP contribution in [0.3, 0.4) is 0 Å². The molecule has 5 nitrogen and oxygen atoms in total. The molecule has 3 aromatic rings. The smallest absolute Gasteiger partial charge is 0.263 e. The first kappa shape index (κ1) is 21.6. The summed E-state index contributed by atoms with van der Waals surface area (Å²) in [6.07, 6.45) is 6.13. The van der Waals surface area contributed by atoms with E-state index in [0.29, 0.717) is 12.1 Å². The van der Waals surface area contributed by atoms with Crippen molar-refractivity contribution in [1.29, 1.82) is 5.26 Å². The van der Waals surface area contributed by atoms with Crippen LogP contribution >= 0.6 is 0 Å². The second-order valence-corrected chi connectivity index (χ2v) is 8.34. The van der Waals surface area contributed by atoms with E-state index in [1.165, 1.54) is 11.3 Å². The molecule has 1 aromatic heterocycles. The number of aryl methyl sites for hydroxylation is 1. The molecule has 0 aliphatic heterocycles. The molecule has 0 radical (unpaired) electrons. The van der Waals surface area contributed by atoms with Crippen molar-refractivity contribution in [3.05, 3.63) is 99.0 Å². The Balaban J connectivity index is 1.79. The van der Waals surface area contributed by atoms with Crippen LogP contribution in [0.5, 0.6) is 0 Å². The van der Waals surface area contributed by atoms with E-state index in [0.717, 1.165) is 54.6 Å². The Bertz CT molecular complexity index is 1200. The van der Waals surface area contributed by atoms with Crippen LogP contribution in [-0.2, 0) is 19.4 Å². The van der Waals surface area contributed by atoms with E-state index < -0.39 is 0 Å². The molecule has 0 saturated carbocycles. The number of pyridine rings is 1. The van der Waals surface area contributed by atoms with Gasteiger partial charge in [0.2, 0.25) is 0 Å². The summed E-state index contributed by atoms with van der Waals surface area (Å²) >= 11 is 0. The van der Waals surface area contributed by atoms with Crippen molar-refractivity contribution in [3.8, 4) is 6.07 Å². The number of hydrogen-bond donors (Lipinski definition) is 0. The molecular formula is C27H27N3O2. The lowest BCUT2D eigenvalue weighted by molar-refractivity contribution is 0.0991. The van der Waals surface area contributed by atoms with Gasteiger partial charge in [-0.3, -0.25) is 9.59 Å². The number of nitriles is 1. The van der Waals surface area contributed by atoms with Gasteiger partial charge >= 0.3 is 0 Å². The lowest BCUT2D eigenvalue weighted by Gasteiger charge is -2.23. The number of anilines is 1. The lowest BCUT2D eigenvalue weighted by Crippen LogP contribution is -2.36. The maximum absolute atomic E-state index is 13.6. The van der Waals surface area contributed by atoms with Crippen molar-refractivity contribution in [2.24, 2.45) is 0 Å². The minimum Gasteiger partial charge on any atom is -0.311 e. The number of nitrogens with zero attached hydrogens (tertiary/aromatic N) is 3. The Hall–Kier alpha value is -3.65. The van der Waals surface area contributed by atoms with E-state index >= 15 is 0 Å². The molecule has 1 heterocycles. The Labute approximate surface area is 188 Å². The van der Waals surface area contributed by atoms with Gasteiger partial charge in [-0.2, -0.15) is 5.26 Å². The van der Waals surface area contributed by atoms with Crippen molar-refractivity contribution < 1.29 is 4.79 Å². The molecule has 162 valence electrons. The van der Waals surface area contributed by atoms with Crippen LogP contribution in [0.2, 0.25) is 0 Å². The number of carbonyl (C=O) groups excluding carboxylic acids is 1.